The lowest BCUT2D eigenvalue weighted by Crippen LogP contribution is -2.45. The van der Waals surface area contributed by atoms with E-state index in [1.807, 2.05) is 0 Å². The van der Waals surface area contributed by atoms with Gasteiger partial charge in [0, 0.05) is 0 Å². The van der Waals surface area contributed by atoms with Crippen LogP contribution in [0.4, 0.5) is 13.2 Å². The van der Waals surface area contributed by atoms with Gasteiger partial charge in [-0.05, 0) is 0 Å². The average molecular weight is 272 g/mol. The van der Waals surface area contributed by atoms with Gasteiger partial charge in [-0.3, -0.25) is 14.4 Å². The van der Waals surface area contributed by atoms with Crippen LogP contribution in [-0.4, -0.2) is 65.3 Å². The number of amides is 1. The van der Waals surface area contributed by atoms with E-state index in [1.54, 1.807) is 5.32 Å². The number of hydrogen-bond acceptors (Lipinski definition) is 4. The SMILES string of the molecule is O=C(O)CN(CC(=O)O)C(=O)CNCC(F)(F)F. The number of hydrogen-bond donors (Lipinski definition) is 3. The van der Waals surface area contributed by atoms with Crippen LogP contribution in [-0.2, 0) is 14.4 Å². The first-order valence-corrected chi connectivity index (χ1v) is 4.60. The van der Waals surface area contributed by atoms with Gasteiger partial charge >= 0.3 is 18.1 Å². The molecule has 0 aliphatic rings. The van der Waals surface area contributed by atoms with Crippen molar-refractivity contribution in [1.82, 2.24) is 10.2 Å². The van der Waals surface area contributed by atoms with Crippen LogP contribution in [0.1, 0.15) is 0 Å². The molecule has 0 spiro atoms. The lowest BCUT2D eigenvalue weighted by atomic mass is 10.4. The monoisotopic (exact) mass is 272 g/mol. The lowest BCUT2D eigenvalue weighted by Gasteiger charge is -2.18. The Hall–Kier alpha value is -1.84. The number of carboxylic acids is 2. The van der Waals surface area contributed by atoms with Gasteiger partial charge in [0.15, 0.2) is 0 Å². The summed E-state index contributed by atoms with van der Waals surface area (Å²) in [6, 6.07) is 0. The standard InChI is InChI=1S/C8H11F3N2O5/c9-8(10,11)4-12-1-5(14)13(2-6(15)16)3-7(17)18/h12H,1-4H2,(H,15,16)(H,17,18). The van der Waals surface area contributed by atoms with Gasteiger partial charge in [-0.1, -0.05) is 0 Å². The summed E-state index contributed by atoms with van der Waals surface area (Å²) in [6.07, 6.45) is -4.51. The Kier molecular flexibility index (Phi) is 6.09. The third kappa shape index (κ3) is 8.33. The molecule has 3 N–H and O–H groups in total. The average Bonchev–Trinajstić information content (AvgIpc) is 2.12. The molecule has 0 saturated carbocycles. The summed E-state index contributed by atoms with van der Waals surface area (Å²) < 4.78 is 35.3. The van der Waals surface area contributed by atoms with E-state index in [2.05, 4.69) is 0 Å². The number of carboxylic acid groups (broad SMARTS) is 2. The van der Waals surface area contributed by atoms with Crippen LogP contribution in [0.3, 0.4) is 0 Å². The summed E-state index contributed by atoms with van der Waals surface area (Å²) in [4.78, 5) is 32.4. The predicted molar refractivity (Wildman–Crippen MR) is 50.8 cm³/mol. The van der Waals surface area contributed by atoms with Gasteiger partial charge in [-0.25, -0.2) is 0 Å². The molecule has 0 aliphatic heterocycles. The van der Waals surface area contributed by atoms with Crippen molar-refractivity contribution >= 4 is 17.8 Å². The van der Waals surface area contributed by atoms with E-state index in [1.165, 1.54) is 0 Å². The Labute approximate surface area is 99.2 Å². The van der Waals surface area contributed by atoms with Gasteiger partial charge in [0.05, 0.1) is 13.1 Å². The van der Waals surface area contributed by atoms with Gasteiger partial charge in [-0.2, -0.15) is 13.2 Å². The second-order valence-electron chi connectivity index (χ2n) is 3.26. The van der Waals surface area contributed by atoms with Crippen LogP contribution in [0.25, 0.3) is 0 Å². The Morgan fingerprint density at radius 2 is 1.50 bits per heavy atom. The smallest absolute Gasteiger partial charge is 0.401 e. The first-order valence-electron chi connectivity index (χ1n) is 4.60. The molecule has 0 fully saturated rings. The van der Waals surface area contributed by atoms with Crippen LogP contribution in [0.15, 0.2) is 0 Å². The fourth-order valence-electron chi connectivity index (χ4n) is 0.982. The third-order valence-electron chi connectivity index (χ3n) is 1.61. The molecule has 18 heavy (non-hydrogen) atoms. The summed E-state index contributed by atoms with van der Waals surface area (Å²) in [7, 11) is 0. The number of nitrogens with zero attached hydrogens (tertiary/aromatic N) is 1. The van der Waals surface area contributed by atoms with Gasteiger partial charge in [-0.15, -0.1) is 0 Å². The molecule has 10 heteroatoms. The molecule has 0 saturated heterocycles. The molecule has 104 valence electrons. The van der Waals surface area contributed by atoms with E-state index in [-0.39, 0.29) is 0 Å². The Bertz CT molecular complexity index is 315. The van der Waals surface area contributed by atoms with Crippen molar-refractivity contribution < 1.29 is 37.8 Å². The number of rotatable bonds is 7. The molecule has 1 amide bonds. The molecule has 0 aromatic rings. The summed E-state index contributed by atoms with van der Waals surface area (Å²) in [6.45, 7) is -4.00. The summed E-state index contributed by atoms with van der Waals surface area (Å²) in [5.74, 6) is -3.95. The van der Waals surface area contributed by atoms with E-state index in [0.29, 0.717) is 4.90 Å². The Balaban J connectivity index is 4.29. The van der Waals surface area contributed by atoms with Crippen LogP contribution >= 0.6 is 0 Å². The van der Waals surface area contributed by atoms with E-state index < -0.39 is 50.2 Å². The molecule has 0 radical (unpaired) electrons. The van der Waals surface area contributed by atoms with Crippen LogP contribution in [0.5, 0.6) is 0 Å². The van der Waals surface area contributed by atoms with Crippen LogP contribution in [0.2, 0.25) is 0 Å². The quantitative estimate of drug-likeness (QED) is 0.556. The molecule has 0 unspecified atom stereocenters. The second kappa shape index (κ2) is 6.79. The zero-order valence-corrected chi connectivity index (χ0v) is 9.03. The highest BCUT2D eigenvalue weighted by molar-refractivity contribution is 5.86. The fraction of sp³-hybridized carbons (Fsp3) is 0.625. The zero-order chi connectivity index (χ0) is 14.3. The molecule has 0 rings (SSSR count). The Morgan fingerprint density at radius 1 is 1.06 bits per heavy atom. The maximum absolute atomic E-state index is 11.8. The number of carbonyl (C=O) groups is 3. The number of nitrogens with one attached hydrogen (secondary N) is 1. The highest BCUT2D eigenvalue weighted by atomic mass is 19.4. The number of alkyl halides is 3. The highest BCUT2D eigenvalue weighted by Crippen LogP contribution is 2.11. The molecule has 0 atom stereocenters. The maximum Gasteiger partial charge on any atom is 0.401 e. The van der Waals surface area contributed by atoms with Crippen molar-refractivity contribution in [3.63, 3.8) is 0 Å². The van der Waals surface area contributed by atoms with E-state index >= 15 is 0 Å². The van der Waals surface area contributed by atoms with Crippen molar-refractivity contribution in [3.8, 4) is 0 Å². The largest absolute Gasteiger partial charge is 0.480 e. The molecule has 0 aliphatic carbocycles. The van der Waals surface area contributed by atoms with Crippen molar-refractivity contribution in [3.05, 3.63) is 0 Å². The third-order valence-corrected chi connectivity index (χ3v) is 1.61. The highest BCUT2D eigenvalue weighted by Gasteiger charge is 2.27. The normalized spacial score (nSPS) is 11.1. The van der Waals surface area contributed by atoms with E-state index in [4.69, 9.17) is 10.2 Å². The summed E-state index contributed by atoms with van der Waals surface area (Å²) >= 11 is 0. The van der Waals surface area contributed by atoms with Crippen LogP contribution in [0, 0.1) is 0 Å². The van der Waals surface area contributed by atoms with Crippen molar-refractivity contribution in [1.29, 1.82) is 0 Å². The first-order chi connectivity index (χ1) is 8.11. The zero-order valence-electron chi connectivity index (χ0n) is 9.03. The molecule has 0 heterocycles. The number of aliphatic carboxylic acids is 2. The molecule has 0 aromatic heterocycles. The molecule has 0 aromatic carbocycles. The summed E-state index contributed by atoms with van der Waals surface area (Å²) in [5, 5.41) is 18.6. The Morgan fingerprint density at radius 3 is 1.83 bits per heavy atom. The minimum absolute atomic E-state index is 0.425. The predicted octanol–water partition coefficient (Wildman–Crippen LogP) is -0.864. The van der Waals surface area contributed by atoms with Gasteiger partial charge in [0.1, 0.15) is 13.1 Å². The molecular weight excluding hydrogens is 261 g/mol. The van der Waals surface area contributed by atoms with Gasteiger partial charge < -0.3 is 20.4 Å². The number of carbonyl (C=O) groups excluding carboxylic acids is 1. The van der Waals surface area contributed by atoms with Crippen LogP contribution < -0.4 is 5.32 Å². The van der Waals surface area contributed by atoms with Gasteiger partial charge in [0.2, 0.25) is 5.91 Å². The van der Waals surface area contributed by atoms with Crippen molar-refractivity contribution in [2.45, 2.75) is 6.18 Å². The minimum Gasteiger partial charge on any atom is -0.480 e. The first kappa shape index (κ1) is 16.2. The van der Waals surface area contributed by atoms with Crippen molar-refractivity contribution in [2.24, 2.45) is 0 Å². The fourth-order valence-corrected chi connectivity index (χ4v) is 0.982. The summed E-state index contributed by atoms with van der Waals surface area (Å²) in [5.41, 5.74) is 0. The van der Waals surface area contributed by atoms with Gasteiger partial charge in [0.25, 0.3) is 0 Å². The molecule has 0 bridgehead atoms. The maximum atomic E-state index is 11.8. The van der Waals surface area contributed by atoms with Crippen molar-refractivity contribution in [2.75, 3.05) is 26.2 Å². The molecule has 7 nitrogen and oxygen atoms in total. The molecular formula is C8H11F3N2O5. The van der Waals surface area contributed by atoms with E-state index in [0.717, 1.165) is 0 Å². The topological polar surface area (TPSA) is 107 Å². The van der Waals surface area contributed by atoms with E-state index in [9.17, 15) is 27.6 Å². The second-order valence-corrected chi connectivity index (χ2v) is 3.26. The minimum atomic E-state index is -4.51. The lowest BCUT2D eigenvalue weighted by molar-refractivity contribution is -0.150. The number of halogens is 3.